The van der Waals surface area contributed by atoms with Crippen molar-refractivity contribution in [1.82, 2.24) is 35.4 Å². The summed E-state index contributed by atoms with van der Waals surface area (Å²) in [6.07, 6.45) is 6.69. The zero-order valence-electron chi connectivity index (χ0n) is 13.2. The number of piperidine rings is 1. The Bertz CT molecular complexity index is 634. The molecule has 1 aliphatic rings. The van der Waals surface area contributed by atoms with Gasteiger partial charge in [-0.2, -0.15) is 5.10 Å². The fourth-order valence-corrected chi connectivity index (χ4v) is 2.75. The highest BCUT2D eigenvalue weighted by Gasteiger charge is 2.21. The maximum Gasteiger partial charge on any atom is 0.271 e. The second-order valence-electron chi connectivity index (χ2n) is 5.86. The maximum atomic E-state index is 12.0. The Morgan fingerprint density at radius 2 is 2.22 bits per heavy atom. The predicted octanol–water partition coefficient (Wildman–Crippen LogP) is 0.545. The molecule has 0 unspecified atom stereocenters. The fraction of sp³-hybridized carbons (Fsp3) is 0.533. The lowest BCUT2D eigenvalue weighted by Gasteiger charge is -2.31. The standard InChI is InChI=1S/C15H21N7O/c1-11-19-14(21-20-11)10-22-6-2-12(3-7-22)8-18-15(23)13-9-16-4-5-17-13/h4-5,9,12H,2-3,6-8,10H2,1H3,(H,18,23)(H,19,20,21). The number of rotatable bonds is 5. The lowest BCUT2D eigenvalue weighted by molar-refractivity contribution is 0.0929. The van der Waals surface area contributed by atoms with E-state index in [2.05, 4.69) is 35.4 Å². The van der Waals surface area contributed by atoms with E-state index in [4.69, 9.17) is 0 Å². The van der Waals surface area contributed by atoms with E-state index in [1.165, 1.54) is 12.4 Å². The molecule has 0 aromatic carbocycles. The minimum atomic E-state index is -0.156. The number of aryl methyl sites for hydroxylation is 1. The molecule has 0 bridgehead atoms. The lowest BCUT2D eigenvalue weighted by atomic mass is 9.97. The number of nitrogens with zero attached hydrogens (tertiary/aromatic N) is 5. The lowest BCUT2D eigenvalue weighted by Crippen LogP contribution is -2.38. The van der Waals surface area contributed by atoms with Crippen LogP contribution in [0.15, 0.2) is 18.6 Å². The van der Waals surface area contributed by atoms with Gasteiger partial charge in [0.1, 0.15) is 11.5 Å². The third-order valence-corrected chi connectivity index (χ3v) is 4.06. The van der Waals surface area contributed by atoms with E-state index in [-0.39, 0.29) is 5.91 Å². The summed E-state index contributed by atoms with van der Waals surface area (Å²) >= 11 is 0. The highest BCUT2D eigenvalue weighted by Crippen LogP contribution is 2.17. The van der Waals surface area contributed by atoms with Gasteiger partial charge in [0.15, 0.2) is 5.82 Å². The number of H-pyrrole nitrogens is 1. The molecule has 1 fully saturated rings. The van der Waals surface area contributed by atoms with Crippen molar-refractivity contribution in [2.45, 2.75) is 26.3 Å². The summed E-state index contributed by atoms with van der Waals surface area (Å²) in [5.41, 5.74) is 0.366. The van der Waals surface area contributed by atoms with E-state index in [9.17, 15) is 4.79 Å². The van der Waals surface area contributed by atoms with Crippen LogP contribution < -0.4 is 5.32 Å². The quantitative estimate of drug-likeness (QED) is 0.835. The van der Waals surface area contributed by atoms with Gasteiger partial charge in [-0.25, -0.2) is 9.97 Å². The molecule has 1 amide bonds. The maximum absolute atomic E-state index is 12.0. The van der Waals surface area contributed by atoms with Gasteiger partial charge in [-0.3, -0.25) is 19.8 Å². The average molecular weight is 315 g/mol. The van der Waals surface area contributed by atoms with Gasteiger partial charge in [0.2, 0.25) is 0 Å². The fourth-order valence-electron chi connectivity index (χ4n) is 2.75. The number of amides is 1. The van der Waals surface area contributed by atoms with Crippen LogP contribution in [0.25, 0.3) is 0 Å². The topological polar surface area (TPSA) is 99.7 Å². The van der Waals surface area contributed by atoms with Gasteiger partial charge in [0.05, 0.1) is 12.7 Å². The molecule has 3 rings (SSSR count). The molecule has 0 aliphatic carbocycles. The first-order chi connectivity index (χ1) is 11.2. The van der Waals surface area contributed by atoms with Gasteiger partial charge < -0.3 is 5.32 Å². The Hall–Kier alpha value is -2.35. The molecule has 2 N–H and O–H groups in total. The molecule has 23 heavy (non-hydrogen) atoms. The second-order valence-corrected chi connectivity index (χ2v) is 5.86. The molecule has 122 valence electrons. The molecule has 0 spiro atoms. The number of hydrogen-bond donors (Lipinski definition) is 2. The molecule has 1 aliphatic heterocycles. The van der Waals surface area contributed by atoms with Crippen LogP contribution in [-0.2, 0) is 6.54 Å². The van der Waals surface area contributed by atoms with Crippen molar-refractivity contribution in [1.29, 1.82) is 0 Å². The van der Waals surface area contributed by atoms with Crippen LogP contribution in [0.2, 0.25) is 0 Å². The van der Waals surface area contributed by atoms with Crippen LogP contribution in [0.4, 0.5) is 0 Å². The number of aromatic amines is 1. The summed E-state index contributed by atoms with van der Waals surface area (Å²) in [5, 5.41) is 9.99. The van der Waals surface area contributed by atoms with Crippen molar-refractivity contribution in [3.8, 4) is 0 Å². The van der Waals surface area contributed by atoms with Crippen LogP contribution >= 0.6 is 0 Å². The first-order valence-corrected chi connectivity index (χ1v) is 7.85. The molecule has 2 aromatic rings. The smallest absolute Gasteiger partial charge is 0.271 e. The normalized spacial score (nSPS) is 16.4. The van der Waals surface area contributed by atoms with Crippen LogP contribution in [0, 0.1) is 12.8 Å². The van der Waals surface area contributed by atoms with E-state index in [0.717, 1.165) is 44.1 Å². The Kier molecular flexibility index (Phi) is 4.92. The average Bonchev–Trinajstić information content (AvgIpc) is 2.99. The monoisotopic (exact) mass is 315 g/mol. The number of nitrogens with one attached hydrogen (secondary N) is 2. The molecule has 2 aromatic heterocycles. The molecule has 0 saturated carbocycles. The Morgan fingerprint density at radius 1 is 1.39 bits per heavy atom. The minimum absolute atomic E-state index is 0.156. The van der Waals surface area contributed by atoms with E-state index < -0.39 is 0 Å². The van der Waals surface area contributed by atoms with Gasteiger partial charge in [0, 0.05) is 18.9 Å². The van der Waals surface area contributed by atoms with Crippen LogP contribution in [0.3, 0.4) is 0 Å². The van der Waals surface area contributed by atoms with Crippen molar-refractivity contribution in [2.75, 3.05) is 19.6 Å². The number of aromatic nitrogens is 5. The summed E-state index contributed by atoms with van der Waals surface area (Å²) in [6.45, 7) is 5.37. The zero-order valence-corrected chi connectivity index (χ0v) is 13.2. The predicted molar refractivity (Wildman–Crippen MR) is 83.5 cm³/mol. The number of hydrogen-bond acceptors (Lipinski definition) is 6. The Balaban J connectivity index is 1.40. The molecule has 0 radical (unpaired) electrons. The number of likely N-dealkylation sites (tertiary alicyclic amines) is 1. The number of carbonyl (C=O) groups is 1. The second kappa shape index (κ2) is 7.28. The zero-order chi connectivity index (χ0) is 16.1. The van der Waals surface area contributed by atoms with Gasteiger partial charge >= 0.3 is 0 Å². The summed E-state index contributed by atoms with van der Waals surface area (Å²) in [4.78, 5) is 26.6. The first-order valence-electron chi connectivity index (χ1n) is 7.85. The van der Waals surface area contributed by atoms with Crippen LogP contribution in [0.1, 0.15) is 35.0 Å². The Labute approximate surface area is 134 Å². The molecular weight excluding hydrogens is 294 g/mol. The first kappa shape index (κ1) is 15.5. The van der Waals surface area contributed by atoms with E-state index in [0.29, 0.717) is 18.2 Å². The highest BCUT2D eigenvalue weighted by molar-refractivity contribution is 5.91. The SMILES string of the molecule is Cc1nc(CN2CCC(CNC(=O)c3cnccn3)CC2)n[nH]1. The van der Waals surface area contributed by atoms with Gasteiger partial charge in [-0.15, -0.1) is 0 Å². The molecule has 8 nitrogen and oxygen atoms in total. The minimum Gasteiger partial charge on any atom is -0.350 e. The molecule has 1 saturated heterocycles. The molecule has 0 atom stereocenters. The van der Waals surface area contributed by atoms with Crippen LogP contribution in [0.5, 0.6) is 0 Å². The third-order valence-electron chi connectivity index (χ3n) is 4.06. The van der Waals surface area contributed by atoms with Gasteiger partial charge in [0.25, 0.3) is 5.91 Å². The number of carbonyl (C=O) groups excluding carboxylic acids is 1. The summed E-state index contributed by atoms with van der Waals surface area (Å²) in [7, 11) is 0. The van der Waals surface area contributed by atoms with E-state index in [1.54, 1.807) is 6.20 Å². The van der Waals surface area contributed by atoms with E-state index >= 15 is 0 Å². The molecular formula is C15H21N7O. The van der Waals surface area contributed by atoms with Crippen molar-refractivity contribution in [3.05, 3.63) is 35.9 Å². The van der Waals surface area contributed by atoms with Gasteiger partial charge in [-0.1, -0.05) is 0 Å². The van der Waals surface area contributed by atoms with E-state index in [1.807, 2.05) is 6.92 Å². The third kappa shape index (κ3) is 4.32. The van der Waals surface area contributed by atoms with Crippen molar-refractivity contribution in [2.24, 2.45) is 5.92 Å². The highest BCUT2D eigenvalue weighted by atomic mass is 16.1. The molecule has 3 heterocycles. The summed E-state index contributed by atoms with van der Waals surface area (Å²) in [5.74, 6) is 2.04. The van der Waals surface area contributed by atoms with Gasteiger partial charge in [-0.05, 0) is 38.8 Å². The summed E-state index contributed by atoms with van der Waals surface area (Å²) < 4.78 is 0. The molecule has 8 heteroatoms. The van der Waals surface area contributed by atoms with Crippen molar-refractivity contribution < 1.29 is 4.79 Å². The van der Waals surface area contributed by atoms with Crippen LogP contribution in [-0.4, -0.2) is 55.6 Å². The Morgan fingerprint density at radius 3 is 2.87 bits per heavy atom. The van der Waals surface area contributed by atoms with Crippen molar-refractivity contribution >= 4 is 5.91 Å². The van der Waals surface area contributed by atoms with Crippen molar-refractivity contribution in [3.63, 3.8) is 0 Å². The summed E-state index contributed by atoms with van der Waals surface area (Å²) in [6, 6.07) is 0. The largest absolute Gasteiger partial charge is 0.350 e.